The second-order valence-electron chi connectivity index (χ2n) is 10.6. The summed E-state index contributed by atoms with van der Waals surface area (Å²) < 4.78 is 23.8. The minimum Gasteiger partial charge on any atom is -0.478 e. The molecule has 3 aromatic heterocycles. The van der Waals surface area contributed by atoms with E-state index in [0.29, 0.717) is 29.6 Å². The summed E-state index contributed by atoms with van der Waals surface area (Å²) in [6, 6.07) is 15.3. The maximum atomic E-state index is 14.1. The van der Waals surface area contributed by atoms with E-state index in [2.05, 4.69) is 14.6 Å². The summed E-state index contributed by atoms with van der Waals surface area (Å²) in [6.45, 7) is 3.00. The van der Waals surface area contributed by atoms with Crippen LogP contribution in [0.15, 0.2) is 67.0 Å². The standard InChI is InChI=1S/C31H30ClFN6O3/c1-37-16-20(15-34-37)17-39-28-13-22(31(40)41)6-8-27(28)35-29(39)18-38-11-9-21(10-12-38)26-3-2-4-30(36-26)42-19-23-5-7-24(32)14-25(23)33/h2-8,13-16,21H,9-12,17-19H2,1H3,(H,40,41). The average Bonchev–Trinajstić information content (AvgIpc) is 3.55. The number of aryl methyl sites for hydroxylation is 1. The molecule has 1 aliphatic rings. The third-order valence-electron chi connectivity index (χ3n) is 7.68. The molecule has 0 radical (unpaired) electrons. The van der Waals surface area contributed by atoms with Crippen LogP contribution in [0, 0.1) is 5.82 Å². The van der Waals surface area contributed by atoms with Gasteiger partial charge in [0.2, 0.25) is 5.88 Å². The molecule has 1 fully saturated rings. The number of imidazole rings is 1. The number of piperidine rings is 1. The molecule has 11 heteroatoms. The summed E-state index contributed by atoms with van der Waals surface area (Å²) in [6.07, 6.45) is 5.63. The van der Waals surface area contributed by atoms with Crippen molar-refractivity contribution in [2.75, 3.05) is 13.1 Å². The molecule has 0 bridgehead atoms. The van der Waals surface area contributed by atoms with Gasteiger partial charge in [-0.1, -0.05) is 23.7 Å². The number of hydrogen-bond acceptors (Lipinski definition) is 6. The highest BCUT2D eigenvalue weighted by Crippen LogP contribution is 2.30. The first-order valence-corrected chi connectivity index (χ1v) is 14.2. The van der Waals surface area contributed by atoms with Crippen molar-refractivity contribution >= 4 is 28.6 Å². The number of aromatic nitrogens is 5. The van der Waals surface area contributed by atoms with E-state index in [4.69, 9.17) is 26.3 Å². The van der Waals surface area contributed by atoms with Gasteiger partial charge < -0.3 is 14.4 Å². The topological polar surface area (TPSA) is 98.3 Å². The number of carboxylic acids is 1. The van der Waals surface area contributed by atoms with Gasteiger partial charge in [0.1, 0.15) is 18.2 Å². The number of benzene rings is 2. The van der Waals surface area contributed by atoms with E-state index in [-0.39, 0.29) is 18.1 Å². The number of pyridine rings is 1. The molecule has 42 heavy (non-hydrogen) atoms. The van der Waals surface area contributed by atoms with Gasteiger partial charge in [-0.25, -0.2) is 19.2 Å². The Balaban J connectivity index is 1.13. The summed E-state index contributed by atoms with van der Waals surface area (Å²) in [5.74, 6) is 0.272. The molecule has 1 N–H and O–H groups in total. The summed E-state index contributed by atoms with van der Waals surface area (Å²) >= 11 is 5.85. The van der Waals surface area contributed by atoms with Crippen molar-refractivity contribution in [3.05, 3.63) is 106 Å². The smallest absolute Gasteiger partial charge is 0.335 e. The van der Waals surface area contributed by atoms with Gasteiger partial charge in [-0.05, 0) is 62.3 Å². The highest BCUT2D eigenvalue weighted by molar-refractivity contribution is 6.30. The summed E-state index contributed by atoms with van der Waals surface area (Å²) in [5, 5.41) is 14.2. The number of halogens is 2. The molecule has 0 saturated carbocycles. The van der Waals surface area contributed by atoms with E-state index < -0.39 is 11.8 Å². The zero-order chi connectivity index (χ0) is 29.2. The Morgan fingerprint density at radius 1 is 1.10 bits per heavy atom. The quantitative estimate of drug-likeness (QED) is 0.237. The zero-order valence-electron chi connectivity index (χ0n) is 23.1. The van der Waals surface area contributed by atoms with Crippen LogP contribution < -0.4 is 4.74 Å². The first kappa shape index (κ1) is 27.9. The monoisotopic (exact) mass is 588 g/mol. The Bertz CT molecular complexity index is 1740. The molecular weight excluding hydrogens is 559 g/mol. The van der Waals surface area contributed by atoms with E-state index in [1.165, 1.54) is 6.07 Å². The van der Waals surface area contributed by atoms with Crippen molar-refractivity contribution in [2.24, 2.45) is 7.05 Å². The van der Waals surface area contributed by atoms with Crippen molar-refractivity contribution in [3.63, 3.8) is 0 Å². The molecule has 9 nitrogen and oxygen atoms in total. The first-order chi connectivity index (χ1) is 20.3. The summed E-state index contributed by atoms with van der Waals surface area (Å²) in [7, 11) is 1.87. The predicted octanol–water partition coefficient (Wildman–Crippen LogP) is 5.66. The first-order valence-electron chi connectivity index (χ1n) is 13.8. The fourth-order valence-corrected chi connectivity index (χ4v) is 5.61. The van der Waals surface area contributed by atoms with Gasteiger partial charge in [0, 0.05) is 47.1 Å². The molecular formula is C31H30ClFN6O3. The third kappa shape index (κ3) is 6.14. The number of rotatable bonds is 9. The fourth-order valence-electron chi connectivity index (χ4n) is 5.45. The van der Waals surface area contributed by atoms with Crippen LogP contribution in [0.3, 0.4) is 0 Å². The molecule has 1 saturated heterocycles. The molecule has 1 aliphatic heterocycles. The highest BCUT2D eigenvalue weighted by Gasteiger charge is 2.24. The van der Waals surface area contributed by atoms with Gasteiger partial charge >= 0.3 is 5.97 Å². The molecule has 4 heterocycles. The van der Waals surface area contributed by atoms with Crippen molar-refractivity contribution in [1.29, 1.82) is 0 Å². The average molecular weight is 589 g/mol. The Kier molecular flexibility index (Phi) is 7.90. The Morgan fingerprint density at radius 3 is 2.67 bits per heavy atom. The fraction of sp³-hybridized carbons (Fsp3) is 0.290. The number of likely N-dealkylation sites (tertiary alicyclic amines) is 1. The molecule has 6 rings (SSSR count). The normalized spacial score (nSPS) is 14.5. The van der Waals surface area contributed by atoms with Crippen LogP contribution in [0.5, 0.6) is 5.88 Å². The lowest BCUT2D eigenvalue weighted by Gasteiger charge is -2.31. The van der Waals surface area contributed by atoms with E-state index >= 15 is 0 Å². The lowest BCUT2D eigenvalue weighted by molar-refractivity contribution is 0.0697. The molecule has 0 amide bonds. The molecule has 0 atom stereocenters. The zero-order valence-corrected chi connectivity index (χ0v) is 23.8. The lowest BCUT2D eigenvalue weighted by atomic mass is 9.93. The molecule has 0 unspecified atom stereocenters. The van der Waals surface area contributed by atoms with Gasteiger partial charge in [-0.2, -0.15) is 5.10 Å². The van der Waals surface area contributed by atoms with Crippen molar-refractivity contribution in [2.45, 2.75) is 38.5 Å². The van der Waals surface area contributed by atoms with Gasteiger partial charge in [0.05, 0.1) is 35.9 Å². The van der Waals surface area contributed by atoms with E-state index in [1.54, 1.807) is 41.1 Å². The second-order valence-corrected chi connectivity index (χ2v) is 11.1. The minimum absolute atomic E-state index is 0.0753. The van der Waals surface area contributed by atoms with Crippen molar-refractivity contribution < 1.29 is 19.0 Å². The lowest BCUT2D eigenvalue weighted by Crippen LogP contribution is -2.33. The van der Waals surface area contributed by atoms with E-state index in [0.717, 1.165) is 54.0 Å². The number of aromatic carboxylic acids is 1. The molecule has 2 aromatic carbocycles. The van der Waals surface area contributed by atoms with Gasteiger partial charge in [0.15, 0.2) is 0 Å². The van der Waals surface area contributed by atoms with Crippen LogP contribution in [0.1, 0.15) is 51.8 Å². The predicted molar refractivity (Wildman–Crippen MR) is 156 cm³/mol. The van der Waals surface area contributed by atoms with Gasteiger partial charge in [0.25, 0.3) is 0 Å². The molecule has 0 spiro atoms. The number of ether oxygens (including phenoxy) is 1. The van der Waals surface area contributed by atoms with E-state index in [1.807, 2.05) is 31.6 Å². The van der Waals surface area contributed by atoms with Crippen LogP contribution >= 0.6 is 11.6 Å². The van der Waals surface area contributed by atoms with E-state index in [9.17, 15) is 14.3 Å². The molecule has 0 aliphatic carbocycles. The number of nitrogens with zero attached hydrogens (tertiary/aromatic N) is 6. The SMILES string of the molecule is Cn1cc(Cn2c(CN3CCC(c4cccc(OCc5ccc(Cl)cc5F)n4)CC3)nc3ccc(C(=O)O)cc32)cn1. The van der Waals surface area contributed by atoms with Crippen LogP contribution in [-0.2, 0) is 26.7 Å². The molecule has 5 aromatic rings. The largest absolute Gasteiger partial charge is 0.478 e. The maximum Gasteiger partial charge on any atom is 0.335 e. The number of carboxylic acid groups (broad SMARTS) is 1. The molecule has 216 valence electrons. The second kappa shape index (κ2) is 11.9. The van der Waals surface area contributed by atoms with Crippen molar-refractivity contribution in [1.82, 2.24) is 29.2 Å². The minimum atomic E-state index is -0.963. The maximum absolute atomic E-state index is 14.1. The van der Waals surface area contributed by atoms with Crippen molar-refractivity contribution in [3.8, 4) is 5.88 Å². The van der Waals surface area contributed by atoms with Gasteiger partial charge in [-0.15, -0.1) is 0 Å². The number of carbonyl (C=O) groups is 1. The third-order valence-corrected chi connectivity index (χ3v) is 7.92. The summed E-state index contributed by atoms with van der Waals surface area (Å²) in [4.78, 5) is 23.6. The Hall–Kier alpha value is -4.28. The van der Waals surface area contributed by atoms with Gasteiger partial charge in [-0.3, -0.25) is 9.58 Å². The number of hydrogen-bond donors (Lipinski definition) is 1. The Labute approximate surface area is 247 Å². The van der Waals surface area contributed by atoms with Crippen LogP contribution in [0.2, 0.25) is 5.02 Å². The van der Waals surface area contributed by atoms with Crippen LogP contribution in [-0.4, -0.2) is 53.4 Å². The summed E-state index contributed by atoms with van der Waals surface area (Å²) in [5.41, 5.74) is 4.21. The van der Waals surface area contributed by atoms with Crippen LogP contribution in [0.25, 0.3) is 11.0 Å². The Morgan fingerprint density at radius 2 is 1.93 bits per heavy atom. The van der Waals surface area contributed by atoms with Crippen LogP contribution in [0.4, 0.5) is 4.39 Å². The highest BCUT2D eigenvalue weighted by atomic mass is 35.5. The number of fused-ring (bicyclic) bond motifs is 1.